The molecule has 1 saturated heterocycles. The van der Waals surface area contributed by atoms with Crippen LogP contribution in [0.5, 0.6) is 0 Å². The van der Waals surface area contributed by atoms with Gasteiger partial charge in [0.05, 0.1) is 18.9 Å². The highest BCUT2D eigenvalue weighted by Gasteiger charge is 2.39. The summed E-state index contributed by atoms with van der Waals surface area (Å²) in [7, 11) is 0. The van der Waals surface area contributed by atoms with Crippen LogP contribution < -0.4 is 0 Å². The van der Waals surface area contributed by atoms with Gasteiger partial charge in [0.1, 0.15) is 0 Å². The lowest BCUT2D eigenvalue weighted by atomic mass is 9.88. The first-order valence-corrected chi connectivity index (χ1v) is 11.5. The molecule has 0 atom stereocenters. The lowest BCUT2D eigenvalue weighted by Crippen LogP contribution is -2.50. The van der Waals surface area contributed by atoms with Gasteiger partial charge in [-0.1, -0.05) is 43.7 Å². The van der Waals surface area contributed by atoms with Crippen molar-refractivity contribution in [2.24, 2.45) is 5.16 Å². The first-order valence-electron chi connectivity index (χ1n) is 11.5. The fourth-order valence-electron chi connectivity index (χ4n) is 5.47. The summed E-state index contributed by atoms with van der Waals surface area (Å²) in [6, 6.07) is 0.818. The minimum absolute atomic E-state index is 0.0780. The molecule has 0 aromatic heterocycles. The summed E-state index contributed by atoms with van der Waals surface area (Å²) in [6.07, 6.45) is 15.5. The van der Waals surface area contributed by atoms with Crippen LogP contribution in [0.15, 0.2) is 5.16 Å². The maximum absolute atomic E-state index is 13.1. The van der Waals surface area contributed by atoms with Crippen LogP contribution in [0, 0.1) is 0 Å². The summed E-state index contributed by atoms with van der Waals surface area (Å²) in [5, 5.41) is 4.31. The van der Waals surface area contributed by atoms with Crippen LogP contribution in [0.2, 0.25) is 0 Å². The molecule has 0 N–H and O–H groups in total. The summed E-state index contributed by atoms with van der Waals surface area (Å²) in [6.45, 7) is 1.46. The molecule has 0 unspecified atom stereocenters. The van der Waals surface area contributed by atoms with E-state index in [4.69, 9.17) is 14.3 Å². The van der Waals surface area contributed by atoms with Crippen molar-refractivity contribution in [2.45, 2.75) is 108 Å². The van der Waals surface area contributed by atoms with E-state index < -0.39 is 0 Å². The van der Waals surface area contributed by atoms with E-state index in [1.807, 2.05) is 0 Å². The molecule has 0 aromatic carbocycles. The van der Waals surface area contributed by atoms with Gasteiger partial charge in [-0.2, -0.15) is 0 Å². The van der Waals surface area contributed by atoms with Gasteiger partial charge < -0.3 is 19.2 Å². The highest BCUT2D eigenvalue weighted by Crippen LogP contribution is 2.35. The van der Waals surface area contributed by atoms with Crippen molar-refractivity contribution in [3.63, 3.8) is 0 Å². The fraction of sp³-hybridized carbons (Fsp3) is 0.909. The van der Waals surface area contributed by atoms with E-state index in [0.29, 0.717) is 25.3 Å². The topological polar surface area (TPSA) is 60.4 Å². The number of nitrogens with zero attached hydrogens (tertiary/aromatic N) is 2. The third kappa shape index (κ3) is 4.88. The minimum atomic E-state index is -0.381. The molecule has 3 aliphatic carbocycles. The van der Waals surface area contributed by atoms with Gasteiger partial charge in [0.25, 0.3) is 5.91 Å². The second-order valence-corrected chi connectivity index (χ2v) is 8.92. The third-order valence-corrected chi connectivity index (χ3v) is 7.01. The molecular formula is C22H36N2O4. The number of rotatable bonds is 5. The Morgan fingerprint density at radius 3 is 2.00 bits per heavy atom. The van der Waals surface area contributed by atoms with Gasteiger partial charge in [-0.25, -0.2) is 0 Å². The molecule has 4 fully saturated rings. The van der Waals surface area contributed by atoms with Gasteiger partial charge in [0.2, 0.25) is 0 Å². The van der Waals surface area contributed by atoms with Crippen molar-refractivity contribution in [2.75, 3.05) is 19.8 Å². The van der Waals surface area contributed by atoms with E-state index in [-0.39, 0.29) is 18.3 Å². The molecule has 1 spiro atoms. The number of carbonyl (C=O) groups is 1. The Morgan fingerprint density at radius 2 is 1.46 bits per heavy atom. The lowest BCUT2D eigenvalue weighted by Gasteiger charge is -2.41. The highest BCUT2D eigenvalue weighted by molar-refractivity contribution is 5.85. The van der Waals surface area contributed by atoms with Crippen LogP contribution in [-0.4, -0.2) is 54.2 Å². The number of carbonyl (C=O) groups excluding carboxylic acids is 1. The zero-order valence-electron chi connectivity index (χ0n) is 17.2. The Balaban J connectivity index is 1.29. The van der Waals surface area contributed by atoms with E-state index in [1.54, 1.807) is 0 Å². The van der Waals surface area contributed by atoms with Crippen molar-refractivity contribution >= 4 is 11.6 Å². The summed E-state index contributed by atoms with van der Waals surface area (Å²) >= 11 is 0. The van der Waals surface area contributed by atoms with E-state index in [1.165, 1.54) is 38.5 Å². The maximum atomic E-state index is 13.1. The second-order valence-electron chi connectivity index (χ2n) is 8.92. The standard InChI is InChI=1S/C22H36N2O4/c25-21(17-28-23-18-11-13-22(14-12-18)26-15-16-27-22)24(19-7-3-1-4-8-19)20-9-5-2-6-10-20/h19-20H,1-17H2. The minimum Gasteiger partial charge on any atom is -0.386 e. The predicted octanol–water partition coefficient (Wildman–Crippen LogP) is 4.17. The zero-order valence-corrected chi connectivity index (χ0v) is 17.2. The molecule has 158 valence electrons. The molecule has 1 heterocycles. The Bertz CT molecular complexity index is 517. The SMILES string of the molecule is O=C(CON=C1CCC2(CC1)OCCO2)N(C1CCCCC1)C1CCCCC1. The summed E-state index contributed by atoms with van der Waals surface area (Å²) < 4.78 is 11.5. The molecule has 28 heavy (non-hydrogen) atoms. The number of hydrogen-bond donors (Lipinski definition) is 0. The molecule has 6 heteroatoms. The van der Waals surface area contributed by atoms with Crippen LogP contribution in [0.3, 0.4) is 0 Å². The molecule has 4 aliphatic rings. The second kappa shape index (κ2) is 9.57. The molecule has 6 nitrogen and oxygen atoms in total. The smallest absolute Gasteiger partial charge is 0.263 e. The Morgan fingerprint density at radius 1 is 0.929 bits per heavy atom. The Hall–Kier alpha value is -1.14. The summed E-state index contributed by atoms with van der Waals surface area (Å²) in [5.74, 6) is -0.244. The zero-order chi connectivity index (χ0) is 19.2. The van der Waals surface area contributed by atoms with Crippen molar-refractivity contribution in [3.05, 3.63) is 0 Å². The highest BCUT2D eigenvalue weighted by atomic mass is 16.7. The van der Waals surface area contributed by atoms with E-state index in [0.717, 1.165) is 57.1 Å². The quantitative estimate of drug-likeness (QED) is 0.659. The predicted molar refractivity (Wildman–Crippen MR) is 107 cm³/mol. The van der Waals surface area contributed by atoms with E-state index in [9.17, 15) is 4.79 Å². The van der Waals surface area contributed by atoms with Crippen molar-refractivity contribution in [3.8, 4) is 0 Å². The summed E-state index contributed by atoms with van der Waals surface area (Å²) in [5.41, 5.74) is 1.03. The molecule has 3 saturated carbocycles. The molecule has 0 aromatic rings. The fourth-order valence-corrected chi connectivity index (χ4v) is 5.47. The molecule has 0 radical (unpaired) electrons. The third-order valence-electron chi connectivity index (χ3n) is 7.01. The number of ether oxygens (including phenoxy) is 2. The normalized spacial score (nSPS) is 26.4. The van der Waals surface area contributed by atoms with Crippen molar-refractivity contribution in [1.82, 2.24) is 4.90 Å². The Kier molecular flexibility index (Phi) is 6.89. The van der Waals surface area contributed by atoms with Crippen LogP contribution >= 0.6 is 0 Å². The van der Waals surface area contributed by atoms with Gasteiger partial charge in [0.15, 0.2) is 12.4 Å². The maximum Gasteiger partial charge on any atom is 0.263 e. The molecule has 4 rings (SSSR count). The van der Waals surface area contributed by atoms with Crippen LogP contribution in [0.25, 0.3) is 0 Å². The Labute approximate surface area is 168 Å². The first-order chi connectivity index (χ1) is 13.8. The average molecular weight is 393 g/mol. The average Bonchev–Trinajstić information content (AvgIpc) is 3.20. The number of amides is 1. The molecule has 1 amide bonds. The summed E-state index contributed by atoms with van der Waals surface area (Å²) in [4.78, 5) is 20.8. The number of oxime groups is 1. The largest absolute Gasteiger partial charge is 0.386 e. The van der Waals surface area contributed by atoms with Crippen LogP contribution in [-0.2, 0) is 19.1 Å². The molecular weight excluding hydrogens is 356 g/mol. The van der Waals surface area contributed by atoms with Gasteiger partial charge >= 0.3 is 0 Å². The van der Waals surface area contributed by atoms with Gasteiger partial charge in [-0.15, -0.1) is 0 Å². The van der Waals surface area contributed by atoms with Gasteiger partial charge in [0, 0.05) is 24.9 Å². The number of hydrogen-bond acceptors (Lipinski definition) is 5. The molecule has 0 bridgehead atoms. The van der Waals surface area contributed by atoms with Crippen molar-refractivity contribution < 1.29 is 19.1 Å². The lowest BCUT2D eigenvalue weighted by molar-refractivity contribution is -0.168. The van der Waals surface area contributed by atoms with E-state index >= 15 is 0 Å². The first kappa shape index (κ1) is 20.1. The monoisotopic (exact) mass is 392 g/mol. The van der Waals surface area contributed by atoms with Crippen molar-refractivity contribution in [1.29, 1.82) is 0 Å². The van der Waals surface area contributed by atoms with E-state index in [2.05, 4.69) is 10.1 Å². The van der Waals surface area contributed by atoms with Gasteiger partial charge in [-0.05, 0) is 38.5 Å². The van der Waals surface area contributed by atoms with Crippen LogP contribution in [0.1, 0.15) is 89.9 Å². The van der Waals surface area contributed by atoms with Crippen LogP contribution in [0.4, 0.5) is 0 Å². The molecule has 1 aliphatic heterocycles. The van der Waals surface area contributed by atoms with Gasteiger partial charge in [-0.3, -0.25) is 4.79 Å².